The maximum absolute atomic E-state index is 13.5. The van der Waals surface area contributed by atoms with E-state index in [1.165, 1.54) is 27.1 Å². The van der Waals surface area contributed by atoms with Crippen LogP contribution >= 0.6 is 11.3 Å². The van der Waals surface area contributed by atoms with Gasteiger partial charge in [0.2, 0.25) is 5.91 Å². The highest BCUT2D eigenvalue weighted by Gasteiger charge is 2.35. The molecular weight excluding hydrogens is 470 g/mol. The first-order valence-corrected chi connectivity index (χ1v) is 13.6. The molecule has 0 bridgehead atoms. The van der Waals surface area contributed by atoms with E-state index in [9.17, 15) is 18.0 Å². The summed E-state index contributed by atoms with van der Waals surface area (Å²) >= 11 is 1.46. The van der Waals surface area contributed by atoms with Crippen LogP contribution in [0.25, 0.3) is 20.7 Å². The first-order valence-electron chi connectivity index (χ1n) is 11.0. The van der Waals surface area contributed by atoms with Crippen molar-refractivity contribution in [2.75, 3.05) is 16.4 Å². The highest BCUT2D eigenvalue weighted by molar-refractivity contribution is 7.91. The molecule has 0 aliphatic carbocycles. The molecule has 174 valence electrons. The van der Waals surface area contributed by atoms with Gasteiger partial charge in [0, 0.05) is 10.6 Å². The van der Waals surface area contributed by atoms with Gasteiger partial charge in [-0.1, -0.05) is 48.5 Å². The van der Waals surface area contributed by atoms with E-state index in [2.05, 4.69) is 4.98 Å². The lowest BCUT2D eigenvalue weighted by atomic mass is 10.1. The van der Waals surface area contributed by atoms with Crippen molar-refractivity contribution in [2.24, 2.45) is 0 Å². The Balaban J connectivity index is 1.51. The minimum Gasteiger partial charge on any atom is -0.307 e. The maximum Gasteiger partial charge on any atom is 0.262 e. The van der Waals surface area contributed by atoms with Crippen molar-refractivity contribution in [3.8, 4) is 10.4 Å². The number of hydrogen-bond acceptors (Lipinski definition) is 6. The van der Waals surface area contributed by atoms with Crippen molar-refractivity contribution in [3.63, 3.8) is 0 Å². The van der Waals surface area contributed by atoms with E-state index in [1.807, 2.05) is 43.3 Å². The summed E-state index contributed by atoms with van der Waals surface area (Å²) in [6.07, 6.45) is 1.78. The Bertz CT molecular complexity index is 1530. The molecule has 1 fully saturated rings. The zero-order valence-corrected chi connectivity index (χ0v) is 20.2. The van der Waals surface area contributed by atoms with Crippen LogP contribution in [0.2, 0.25) is 0 Å². The van der Waals surface area contributed by atoms with E-state index in [0.717, 1.165) is 16.0 Å². The van der Waals surface area contributed by atoms with Crippen LogP contribution in [0.3, 0.4) is 0 Å². The van der Waals surface area contributed by atoms with E-state index in [1.54, 1.807) is 24.3 Å². The number of rotatable bonds is 5. The fraction of sp³-hybridized carbons (Fsp3) is 0.240. The zero-order valence-electron chi connectivity index (χ0n) is 18.5. The van der Waals surface area contributed by atoms with E-state index >= 15 is 0 Å². The average Bonchev–Trinajstić information content (AvgIpc) is 3.36. The first kappa shape index (κ1) is 22.5. The fourth-order valence-electron chi connectivity index (χ4n) is 4.48. The number of anilines is 1. The normalized spacial score (nSPS) is 17.1. The van der Waals surface area contributed by atoms with Gasteiger partial charge < -0.3 is 4.90 Å². The molecule has 3 heterocycles. The van der Waals surface area contributed by atoms with Gasteiger partial charge in [0.1, 0.15) is 11.4 Å². The summed E-state index contributed by atoms with van der Waals surface area (Å²) in [4.78, 5) is 34.4. The molecule has 0 saturated carbocycles. The fourth-order valence-corrected chi connectivity index (χ4v) is 7.33. The van der Waals surface area contributed by atoms with Crippen LogP contribution in [0.5, 0.6) is 0 Å². The van der Waals surface area contributed by atoms with Crippen molar-refractivity contribution >= 4 is 43.0 Å². The standard InChI is InChI=1S/C25H23N3O4S2/c1-17-22-24(33-23(17)18-8-4-2-5-9-18)26-16-27(25(22)30)14-21(29)28(19-10-6-3-7-11-19)20-12-13-34(31,32)15-20/h2-11,16,20H,12-15H2,1H3. The molecule has 4 aromatic rings. The topological polar surface area (TPSA) is 89.3 Å². The zero-order chi connectivity index (χ0) is 23.9. The van der Waals surface area contributed by atoms with Gasteiger partial charge in [-0.15, -0.1) is 11.3 Å². The molecule has 0 radical (unpaired) electrons. The molecule has 0 spiro atoms. The van der Waals surface area contributed by atoms with Crippen molar-refractivity contribution in [1.29, 1.82) is 0 Å². The Kier molecular flexibility index (Phi) is 5.83. The molecule has 1 saturated heterocycles. The number of hydrogen-bond donors (Lipinski definition) is 0. The Hall–Kier alpha value is -3.30. The van der Waals surface area contributed by atoms with Crippen molar-refractivity contribution in [3.05, 3.63) is 82.9 Å². The van der Waals surface area contributed by atoms with Crippen LogP contribution in [0.1, 0.15) is 12.0 Å². The highest BCUT2D eigenvalue weighted by Crippen LogP contribution is 2.35. The van der Waals surface area contributed by atoms with E-state index in [-0.39, 0.29) is 29.5 Å². The maximum atomic E-state index is 13.5. The van der Waals surface area contributed by atoms with Gasteiger partial charge in [-0.05, 0) is 36.6 Å². The van der Waals surface area contributed by atoms with Gasteiger partial charge in [-0.3, -0.25) is 14.2 Å². The van der Waals surface area contributed by atoms with E-state index in [0.29, 0.717) is 22.3 Å². The second-order valence-electron chi connectivity index (χ2n) is 8.44. The summed E-state index contributed by atoms with van der Waals surface area (Å²) in [6, 6.07) is 18.4. The summed E-state index contributed by atoms with van der Waals surface area (Å²) in [7, 11) is -3.19. The smallest absolute Gasteiger partial charge is 0.262 e. The molecule has 0 N–H and O–H groups in total. The molecule has 7 nitrogen and oxygen atoms in total. The number of aromatic nitrogens is 2. The number of aryl methyl sites for hydroxylation is 1. The third-order valence-electron chi connectivity index (χ3n) is 6.14. The Morgan fingerprint density at radius 3 is 2.44 bits per heavy atom. The molecule has 9 heteroatoms. The Morgan fingerprint density at radius 2 is 1.79 bits per heavy atom. The number of sulfone groups is 1. The van der Waals surface area contributed by atoms with Crippen LogP contribution in [-0.4, -0.2) is 41.4 Å². The monoisotopic (exact) mass is 493 g/mol. The number of para-hydroxylation sites is 1. The molecule has 1 atom stereocenters. The van der Waals surface area contributed by atoms with Crippen molar-refractivity contribution in [2.45, 2.75) is 25.9 Å². The molecule has 1 aliphatic rings. The predicted molar refractivity (Wildman–Crippen MR) is 135 cm³/mol. The quantitative estimate of drug-likeness (QED) is 0.423. The number of amides is 1. The lowest BCUT2D eigenvalue weighted by molar-refractivity contribution is -0.119. The number of benzene rings is 2. The van der Waals surface area contributed by atoms with Crippen molar-refractivity contribution < 1.29 is 13.2 Å². The summed E-state index contributed by atoms with van der Waals surface area (Å²) in [5.41, 5.74) is 2.20. The third-order valence-corrected chi connectivity index (χ3v) is 9.13. The molecule has 1 aliphatic heterocycles. The molecule has 5 rings (SSSR count). The molecule has 2 aromatic carbocycles. The predicted octanol–water partition coefficient (Wildman–Crippen LogP) is 3.65. The van der Waals surface area contributed by atoms with Gasteiger partial charge in [0.15, 0.2) is 9.84 Å². The van der Waals surface area contributed by atoms with Crippen LogP contribution in [0.15, 0.2) is 71.8 Å². The Labute approximate surface area is 201 Å². The van der Waals surface area contributed by atoms with Crippen LogP contribution < -0.4 is 10.5 Å². The average molecular weight is 494 g/mol. The minimum atomic E-state index is -3.19. The van der Waals surface area contributed by atoms with Crippen LogP contribution in [0, 0.1) is 6.92 Å². The second-order valence-corrected chi connectivity index (χ2v) is 11.7. The summed E-state index contributed by atoms with van der Waals surface area (Å²) in [6.45, 7) is 1.68. The molecule has 1 amide bonds. The Morgan fingerprint density at radius 1 is 1.12 bits per heavy atom. The number of carbonyl (C=O) groups is 1. The minimum absolute atomic E-state index is 0.0537. The molecule has 34 heavy (non-hydrogen) atoms. The lowest BCUT2D eigenvalue weighted by Gasteiger charge is -2.28. The number of nitrogens with zero attached hydrogens (tertiary/aromatic N) is 3. The van der Waals surface area contributed by atoms with Gasteiger partial charge in [-0.25, -0.2) is 13.4 Å². The molecule has 2 aromatic heterocycles. The summed E-state index contributed by atoms with van der Waals surface area (Å²) < 4.78 is 25.5. The first-order chi connectivity index (χ1) is 16.3. The second kappa shape index (κ2) is 8.81. The van der Waals surface area contributed by atoms with Gasteiger partial charge in [0.25, 0.3) is 5.56 Å². The SMILES string of the molecule is Cc1c(-c2ccccc2)sc2ncn(CC(=O)N(c3ccccc3)C3CCS(=O)(=O)C3)c(=O)c12. The molecule has 1 unspecified atom stereocenters. The number of carbonyl (C=O) groups excluding carboxylic acids is 1. The van der Waals surface area contributed by atoms with Gasteiger partial charge in [-0.2, -0.15) is 0 Å². The summed E-state index contributed by atoms with van der Waals surface area (Å²) in [5.74, 6) is -0.366. The van der Waals surface area contributed by atoms with Crippen LogP contribution in [0.4, 0.5) is 5.69 Å². The van der Waals surface area contributed by atoms with Gasteiger partial charge >= 0.3 is 0 Å². The number of thiophene rings is 1. The van der Waals surface area contributed by atoms with E-state index in [4.69, 9.17) is 0 Å². The van der Waals surface area contributed by atoms with Gasteiger partial charge in [0.05, 0.1) is 29.3 Å². The van der Waals surface area contributed by atoms with E-state index < -0.39 is 15.9 Å². The summed E-state index contributed by atoms with van der Waals surface area (Å²) in [5, 5.41) is 0.508. The van der Waals surface area contributed by atoms with Crippen molar-refractivity contribution in [1.82, 2.24) is 9.55 Å². The lowest BCUT2D eigenvalue weighted by Crippen LogP contribution is -2.44. The number of fused-ring (bicyclic) bond motifs is 1. The highest BCUT2D eigenvalue weighted by atomic mass is 32.2. The molecular formula is C25H23N3O4S2. The third kappa shape index (κ3) is 4.17. The largest absolute Gasteiger partial charge is 0.307 e. The van der Waals surface area contributed by atoms with Crippen LogP contribution in [-0.2, 0) is 21.2 Å².